The number of hydrogen-bond acceptors (Lipinski definition) is 2. The van der Waals surface area contributed by atoms with E-state index in [-0.39, 0.29) is 11.8 Å². The number of halogens is 1. The Morgan fingerprint density at radius 1 is 0.441 bits per heavy atom. The van der Waals surface area contributed by atoms with Crippen molar-refractivity contribution in [2.75, 3.05) is 12.5 Å². The molecule has 0 amide bonds. The molecule has 0 aliphatic carbocycles. The maximum Gasteiger partial charge on any atom is 0.320 e. The highest BCUT2D eigenvalue weighted by Crippen LogP contribution is 2.16. The maximum absolute atomic E-state index is 10.9. The molecule has 34 heavy (non-hydrogen) atoms. The Kier molecular flexibility index (Phi) is 30.6. The first-order chi connectivity index (χ1) is 16.8. The van der Waals surface area contributed by atoms with Crippen LogP contribution in [0.3, 0.4) is 0 Å². The van der Waals surface area contributed by atoms with Crippen LogP contribution < -0.4 is 0 Å². The fourth-order valence-electron chi connectivity index (χ4n) is 4.82. The molecule has 204 valence electrons. The number of hydrogen-bond donors (Lipinski definition) is 0. The Balaban J connectivity index is 3.02. The van der Waals surface area contributed by atoms with Gasteiger partial charge >= 0.3 is 5.97 Å². The minimum absolute atomic E-state index is 0.0283. The predicted molar refractivity (Wildman–Crippen MR) is 152 cm³/mol. The molecule has 0 atom stereocenters. The van der Waals surface area contributed by atoms with Crippen molar-refractivity contribution in [2.45, 2.75) is 180 Å². The Morgan fingerprint density at radius 2 is 0.676 bits per heavy atom. The summed E-state index contributed by atoms with van der Waals surface area (Å²) in [6.07, 6.45) is 38.0. The number of esters is 1. The number of carbonyl (C=O) groups is 1. The summed E-state index contributed by atoms with van der Waals surface area (Å²) >= 11 is 5.39. The van der Waals surface area contributed by atoms with E-state index in [9.17, 15) is 4.79 Å². The molecule has 0 unspecified atom stereocenters. The summed E-state index contributed by atoms with van der Waals surface area (Å²) in [5, 5.41) is 0. The van der Waals surface area contributed by atoms with E-state index in [0.717, 1.165) is 12.8 Å². The summed E-state index contributed by atoms with van der Waals surface area (Å²) in [6, 6.07) is 0. The third-order valence-corrected chi connectivity index (χ3v) is 7.34. The fraction of sp³-hybridized carbons (Fsp3) is 0.968. The minimum Gasteiger partial charge on any atom is -0.465 e. The molecule has 2 nitrogen and oxygen atoms in total. The molecule has 0 saturated heterocycles. The zero-order valence-corrected chi connectivity index (χ0v) is 24.0. The molecule has 0 aromatic rings. The molecule has 0 rings (SSSR count). The van der Waals surface area contributed by atoms with Crippen molar-refractivity contribution in [1.82, 2.24) is 0 Å². The van der Waals surface area contributed by atoms with E-state index in [1.165, 1.54) is 161 Å². The monoisotopic (exact) mass is 500 g/mol. The van der Waals surface area contributed by atoms with Crippen LogP contribution in [0.4, 0.5) is 0 Å². The maximum atomic E-state index is 10.9. The van der Waals surface area contributed by atoms with Crippen molar-refractivity contribution in [3.63, 3.8) is 0 Å². The van der Waals surface area contributed by atoms with Crippen molar-refractivity contribution in [2.24, 2.45) is 0 Å². The van der Waals surface area contributed by atoms with E-state index in [1.807, 2.05) is 0 Å². The largest absolute Gasteiger partial charge is 0.465 e. The van der Waals surface area contributed by atoms with Crippen LogP contribution in [-0.4, -0.2) is 18.5 Å². The zero-order chi connectivity index (χ0) is 24.8. The average Bonchev–Trinajstić information content (AvgIpc) is 2.85. The van der Waals surface area contributed by atoms with Crippen LogP contribution in [0.15, 0.2) is 0 Å². The molecule has 0 aliphatic heterocycles. The quantitative estimate of drug-likeness (QED) is 0.0579. The van der Waals surface area contributed by atoms with Gasteiger partial charge in [0.05, 0.1) is 6.61 Å². The highest BCUT2D eigenvalue weighted by Gasteiger charge is 1.99. The van der Waals surface area contributed by atoms with Gasteiger partial charge in [0.25, 0.3) is 0 Å². The molecule has 0 N–H and O–H groups in total. The van der Waals surface area contributed by atoms with Crippen LogP contribution in [0.5, 0.6) is 0 Å². The lowest BCUT2D eigenvalue weighted by Crippen LogP contribution is -2.06. The van der Waals surface area contributed by atoms with Crippen LogP contribution >= 0.6 is 11.6 Å². The highest BCUT2D eigenvalue weighted by molar-refractivity contribution is 6.26. The smallest absolute Gasteiger partial charge is 0.320 e. The molecule has 3 heteroatoms. The van der Waals surface area contributed by atoms with Gasteiger partial charge in [0.1, 0.15) is 5.88 Å². The van der Waals surface area contributed by atoms with Crippen molar-refractivity contribution < 1.29 is 9.53 Å². The van der Waals surface area contributed by atoms with Gasteiger partial charge in [-0.25, -0.2) is 0 Å². The second-order valence-corrected chi connectivity index (χ2v) is 10.8. The van der Waals surface area contributed by atoms with Crippen molar-refractivity contribution in [1.29, 1.82) is 0 Å². The fourth-order valence-corrected chi connectivity index (χ4v) is 4.90. The Morgan fingerprint density at radius 3 is 0.912 bits per heavy atom. The highest BCUT2D eigenvalue weighted by atomic mass is 35.5. The van der Waals surface area contributed by atoms with Crippen molar-refractivity contribution in [3.8, 4) is 0 Å². The van der Waals surface area contributed by atoms with Crippen LogP contribution in [0.2, 0.25) is 0 Å². The summed E-state index contributed by atoms with van der Waals surface area (Å²) in [7, 11) is 0. The molecule has 0 aromatic carbocycles. The van der Waals surface area contributed by atoms with Gasteiger partial charge in [0.15, 0.2) is 0 Å². The topological polar surface area (TPSA) is 26.3 Å². The Bertz CT molecular complexity index is 386. The van der Waals surface area contributed by atoms with Crippen molar-refractivity contribution in [3.05, 3.63) is 0 Å². The molecular formula is C31H61ClO2. The minimum atomic E-state index is -0.295. The van der Waals surface area contributed by atoms with E-state index in [4.69, 9.17) is 16.3 Å². The normalized spacial score (nSPS) is 11.2. The summed E-state index contributed by atoms with van der Waals surface area (Å²) in [5.74, 6) is -0.323. The molecule has 0 spiro atoms. The van der Waals surface area contributed by atoms with E-state index in [1.54, 1.807) is 0 Å². The number of rotatable bonds is 29. The lowest BCUT2D eigenvalue weighted by Gasteiger charge is -2.05. The number of ether oxygens (including phenoxy) is 1. The van der Waals surface area contributed by atoms with Gasteiger partial charge in [-0.1, -0.05) is 174 Å². The third kappa shape index (κ3) is 29.8. The van der Waals surface area contributed by atoms with E-state index in [2.05, 4.69) is 6.92 Å². The first-order valence-corrected chi connectivity index (χ1v) is 16.1. The number of alkyl halides is 1. The second kappa shape index (κ2) is 30.8. The SMILES string of the molecule is CCCCCCCCCCCCCCCCCCCCCCCCCCCCCOC(=O)CCl. The van der Waals surface area contributed by atoms with E-state index >= 15 is 0 Å². The first-order valence-electron chi connectivity index (χ1n) is 15.5. The van der Waals surface area contributed by atoms with E-state index in [0.29, 0.717) is 6.61 Å². The Hall–Kier alpha value is -0.240. The molecule has 0 heterocycles. The zero-order valence-electron chi connectivity index (χ0n) is 23.2. The van der Waals surface area contributed by atoms with Gasteiger partial charge in [-0.05, 0) is 6.42 Å². The van der Waals surface area contributed by atoms with Crippen molar-refractivity contribution >= 4 is 17.6 Å². The molecule has 0 radical (unpaired) electrons. The summed E-state index contributed by atoms with van der Waals surface area (Å²) in [5.41, 5.74) is 0. The van der Waals surface area contributed by atoms with E-state index < -0.39 is 0 Å². The average molecular weight is 501 g/mol. The van der Waals surface area contributed by atoms with Gasteiger partial charge in [0, 0.05) is 0 Å². The standard InChI is InChI=1S/C31H61ClO2/c1-2-3-4-5-6-7-8-9-10-11-12-13-14-15-16-17-18-19-20-21-22-23-24-25-26-27-28-29-34-31(33)30-32/h2-30H2,1H3. The van der Waals surface area contributed by atoms with Gasteiger partial charge < -0.3 is 4.74 Å². The number of carbonyl (C=O) groups excluding carboxylic acids is 1. The molecule has 0 aromatic heterocycles. The summed E-state index contributed by atoms with van der Waals surface area (Å²) in [6.45, 7) is 2.83. The summed E-state index contributed by atoms with van der Waals surface area (Å²) in [4.78, 5) is 10.9. The second-order valence-electron chi connectivity index (χ2n) is 10.5. The van der Waals surface area contributed by atoms with Crippen LogP contribution in [-0.2, 0) is 9.53 Å². The predicted octanol–water partition coefficient (Wildman–Crippen LogP) is 11.3. The number of unbranched alkanes of at least 4 members (excludes halogenated alkanes) is 26. The lowest BCUT2D eigenvalue weighted by atomic mass is 10.0. The van der Waals surface area contributed by atoms with Crippen LogP contribution in [0.25, 0.3) is 0 Å². The molecule has 0 bridgehead atoms. The van der Waals surface area contributed by atoms with Crippen LogP contribution in [0, 0.1) is 0 Å². The molecule has 0 aliphatic rings. The first kappa shape index (κ1) is 33.8. The van der Waals surface area contributed by atoms with Gasteiger partial charge in [-0.15, -0.1) is 11.6 Å². The molecule has 0 saturated carbocycles. The third-order valence-electron chi connectivity index (χ3n) is 7.12. The molecular weight excluding hydrogens is 440 g/mol. The molecule has 0 fully saturated rings. The van der Waals surface area contributed by atoms with Gasteiger partial charge in [-0.3, -0.25) is 4.79 Å². The van der Waals surface area contributed by atoms with Gasteiger partial charge in [0.2, 0.25) is 0 Å². The Labute approximate surface area is 219 Å². The lowest BCUT2D eigenvalue weighted by molar-refractivity contribution is -0.140. The summed E-state index contributed by atoms with van der Waals surface area (Å²) < 4.78 is 4.98. The van der Waals surface area contributed by atoms with Gasteiger partial charge in [-0.2, -0.15) is 0 Å². The van der Waals surface area contributed by atoms with Crippen LogP contribution in [0.1, 0.15) is 180 Å².